The van der Waals surface area contributed by atoms with E-state index in [1.54, 1.807) is 5.32 Å². The number of anilines is 1. The number of benzene rings is 1. The molecule has 0 fully saturated rings. The average molecular weight is 762 g/mol. The smallest absolute Gasteiger partial charge is 0.408 e. The standard InChI is InChI=1S/C25H38N6O9.Pt/c1-13(2)18(28-14(3)4)21(33)30-17(6-5-11-27-24(26)38)20(32)29-16-9-7-15(8-10-16)12-40-25(39)31-19(22(34)35)23(36)37;/h7-10,13-14,17-19,28H,5-6,11-12H2,1-4H3,(H,29,32)(H,30,33)(H,31,39)(H,34,35)(H,36,37)(H3,26,27,38);/t17-,18-;/m0./s1. The predicted molar refractivity (Wildman–Crippen MR) is 143 cm³/mol. The van der Waals surface area contributed by atoms with Gasteiger partial charge in [0.15, 0.2) is 0 Å². The maximum Gasteiger partial charge on any atom is 0.408 e. The molecule has 9 N–H and O–H groups in total. The molecule has 15 nitrogen and oxygen atoms in total. The topological polar surface area (TPSA) is 238 Å². The van der Waals surface area contributed by atoms with Crippen LogP contribution in [0.15, 0.2) is 24.3 Å². The van der Waals surface area contributed by atoms with Gasteiger partial charge in [-0.05, 0) is 36.5 Å². The SMILES string of the molecule is CC(C)N[C@H](C(=O)N[C@@H](CCCNC(N)=O)C(=O)Nc1ccc(COC(=O)NC(C(=O)O)C(=O)O)cc1)C(C)C.[Pt]. The molecule has 0 radical (unpaired) electrons. The summed E-state index contributed by atoms with van der Waals surface area (Å²) in [4.78, 5) is 70.4. The molecular formula is C25H38N6O9Pt. The second-order valence-electron chi connectivity index (χ2n) is 9.55. The number of hydrogen-bond donors (Lipinski definition) is 8. The van der Waals surface area contributed by atoms with Gasteiger partial charge in [-0.2, -0.15) is 0 Å². The Balaban J connectivity index is 0.0000160. The number of carbonyl (C=O) groups excluding carboxylic acids is 4. The van der Waals surface area contributed by atoms with Gasteiger partial charge in [0.25, 0.3) is 0 Å². The first-order chi connectivity index (χ1) is 18.7. The van der Waals surface area contributed by atoms with Crippen LogP contribution in [0.4, 0.5) is 15.3 Å². The molecule has 0 bridgehead atoms. The number of nitrogens with two attached hydrogens (primary N) is 1. The van der Waals surface area contributed by atoms with Gasteiger partial charge in [-0.3, -0.25) is 14.9 Å². The monoisotopic (exact) mass is 761 g/mol. The van der Waals surface area contributed by atoms with Crippen molar-refractivity contribution in [2.45, 2.75) is 71.3 Å². The van der Waals surface area contributed by atoms with E-state index in [4.69, 9.17) is 20.7 Å². The molecule has 0 heterocycles. The summed E-state index contributed by atoms with van der Waals surface area (Å²) in [5, 5.41) is 30.4. The molecule has 1 rings (SSSR count). The predicted octanol–water partition coefficient (Wildman–Crippen LogP) is 0.343. The van der Waals surface area contributed by atoms with Gasteiger partial charge >= 0.3 is 24.1 Å². The molecule has 1 aromatic carbocycles. The van der Waals surface area contributed by atoms with Crippen molar-refractivity contribution < 1.29 is 64.8 Å². The second-order valence-corrected chi connectivity index (χ2v) is 9.55. The maximum absolute atomic E-state index is 13.1. The number of carboxylic acid groups (broad SMARTS) is 2. The molecule has 16 heteroatoms. The minimum Gasteiger partial charge on any atom is -0.479 e. The minimum absolute atomic E-state index is 0. The maximum atomic E-state index is 13.1. The van der Waals surface area contributed by atoms with Crippen LogP contribution < -0.4 is 32.3 Å². The van der Waals surface area contributed by atoms with E-state index in [1.165, 1.54) is 24.3 Å². The number of primary amides is 1. The van der Waals surface area contributed by atoms with Gasteiger partial charge in [0, 0.05) is 39.3 Å². The fourth-order valence-electron chi connectivity index (χ4n) is 3.43. The van der Waals surface area contributed by atoms with Crippen molar-refractivity contribution in [3.05, 3.63) is 29.8 Å². The van der Waals surface area contributed by atoms with Gasteiger partial charge in [-0.25, -0.2) is 19.2 Å². The van der Waals surface area contributed by atoms with Crippen molar-refractivity contribution in [3.63, 3.8) is 0 Å². The molecule has 0 saturated carbocycles. The Labute approximate surface area is 252 Å². The van der Waals surface area contributed by atoms with Crippen LogP contribution in [0.2, 0.25) is 0 Å². The number of urea groups is 1. The van der Waals surface area contributed by atoms with Crippen LogP contribution in [0.3, 0.4) is 0 Å². The van der Waals surface area contributed by atoms with E-state index in [1.807, 2.05) is 27.7 Å². The zero-order valence-electron chi connectivity index (χ0n) is 23.2. The first-order valence-corrected chi connectivity index (χ1v) is 12.6. The molecule has 0 spiro atoms. The third-order valence-electron chi connectivity index (χ3n) is 5.41. The van der Waals surface area contributed by atoms with E-state index in [0.717, 1.165) is 0 Å². The molecule has 0 aliphatic heterocycles. The first-order valence-electron chi connectivity index (χ1n) is 12.6. The summed E-state index contributed by atoms with van der Waals surface area (Å²) < 4.78 is 4.85. The summed E-state index contributed by atoms with van der Waals surface area (Å²) in [5.74, 6) is -4.38. The Morgan fingerprint density at radius 1 is 0.902 bits per heavy atom. The van der Waals surface area contributed by atoms with Crippen LogP contribution >= 0.6 is 0 Å². The number of carbonyl (C=O) groups is 6. The number of alkyl carbamates (subject to hydrolysis) is 1. The molecule has 0 aliphatic carbocycles. The van der Waals surface area contributed by atoms with Gasteiger partial charge in [0.2, 0.25) is 17.9 Å². The third-order valence-corrected chi connectivity index (χ3v) is 5.41. The number of hydrogen-bond acceptors (Lipinski definition) is 8. The van der Waals surface area contributed by atoms with Crippen molar-refractivity contribution in [1.82, 2.24) is 21.3 Å². The van der Waals surface area contributed by atoms with E-state index in [9.17, 15) is 28.8 Å². The minimum atomic E-state index is -2.15. The molecule has 0 unspecified atom stereocenters. The average Bonchev–Trinajstić information content (AvgIpc) is 2.86. The molecular weight excluding hydrogens is 723 g/mol. The molecule has 2 atom stereocenters. The molecule has 0 saturated heterocycles. The number of nitrogens with one attached hydrogen (secondary N) is 5. The van der Waals surface area contributed by atoms with Crippen molar-refractivity contribution in [3.8, 4) is 0 Å². The van der Waals surface area contributed by atoms with Crippen molar-refractivity contribution in [2.24, 2.45) is 11.7 Å². The summed E-state index contributed by atoms with van der Waals surface area (Å²) in [6, 6.07) is 1.85. The largest absolute Gasteiger partial charge is 0.479 e. The van der Waals surface area contributed by atoms with Crippen molar-refractivity contribution in [2.75, 3.05) is 11.9 Å². The zero-order chi connectivity index (χ0) is 30.4. The number of carboxylic acids is 2. The molecule has 1 aromatic rings. The van der Waals surface area contributed by atoms with Gasteiger partial charge < -0.3 is 42.0 Å². The Bertz CT molecular complexity index is 1040. The van der Waals surface area contributed by atoms with E-state index >= 15 is 0 Å². The Hall–Kier alpha value is -3.71. The van der Waals surface area contributed by atoms with Crippen LogP contribution in [0.25, 0.3) is 0 Å². The van der Waals surface area contributed by atoms with Crippen molar-refractivity contribution >= 4 is 41.6 Å². The molecule has 5 amide bonds. The fraction of sp³-hybridized carbons (Fsp3) is 0.520. The van der Waals surface area contributed by atoms with Gasteiger partial charge in [0.05, 0.1) is 6.04 Å². The fourth-order valence-corrected chi connectivity index (χ4v) is 3.43. The van der Waals surface area contributed by atoms with E-state index < -0.39 is 48.1 Å². The van der Waals surface area contributed by atoms with Gasteiger partial charge in [-0.1, -0.05) is 39.8 Å². The number of ether oxygens (including phenoxy) is 1. The second kappa shape index (κ2) is 18.6. The molecule has 0 aliphatic rings. The quantitative estimate of drug-likeness (QED) is 0.0850. The molecule has 232 valence electrons. The van der Waals surface area contributed by atoms with Crippen LogP contribution in [-0.4, -0.2) is 76.8 Å². The zero-order valence-corrected chi connectivity index (χ0v) is 25.4. The summed E-state index contributed by atoms with van der Waals surface area (Å²) in [5.41, 5.74) is 5.93. The summed E-state index contributed by atoms with van der Waals surface area (Å²) in [6.07, 6.45) is -0.643. The molecule has 41 heavy (non-hydrogen) atoms. The Morgan fingerprint density at radius 3 is 1.98 bits per heavy atom. The van der Waals surface area contributed by atoms with Gasteiger partial charge in [0.1, 0.15) is 12.6 Å². The van der Waals surface area contributed by atoms with Crippen molar-refractivity contribution in [1.29, 1.82) is 0 Å². The normalized spacial score (nSPS) is 12.1. The van der Waals surface area contributed by atoms with E-state index in [2.05, 4.69) is 21.3 Å². The third kappa shape index (κ3) is 14.5. The molecule has 0 aromatic heterocycles. The van der Waals surface area contributed by atoms with Crippen LogP contribution in [0, 0.1) is 5.92 Å². The van der Waals surface area contributed by atoms with Gasteiger partial charge in [-0.15, -0.1) is 0 Å². The number of aliphatic carboxylic acids is 2. The van der Waals surface area contributed by atoms with E-state index in [-0.39, 0.29) is 58.5 Å². The number of amides is 5. The summed E-state index contributed by atoms with van der Waals surface area (Å²) in [7, 11) is 0. The Kier molecular flexibility index (Phi) is 16.9. The van der Waals surface area contributed by atoms with Crippen LogP contribution in [0.5, 0.6) is 0 Å². The number of rotatable bonds is 16. The Morgan fingerprint density at radius 2 is 1.49 bits per heavy atom. The summed E-state index contributed by atoms with van der Waals surface area (Å²) in [6.45, 7) is 7.51. The van der Waals surface area contributed by atoms with E-state index in [0.29, 0.717) is 17.7 Å². The summed E-state index contributed by atoms with van der Waals surface area (Å²) >= 11 is 0. The van der Waals surface area contributed by atoms with Crippen LogP contribution in [0.1, 0.15) is 46.1 Å². The first kappa shape index (κ1) is 37.3. The van der Waals surface area contributed by atoms with Crippen LogP contribution in [-0.2, 0) is 51.6 Å².